The lowest BCUT2D eigenvalue weighted by Gasteiger charge is -2.08. The zero-order chi connectivity index (χ0) is 15.2. The number of aromatic nitrogens is 1. The topological polar surface area (TPSA) is 88.0 Å². The lowest BCUT2D eigenvalue weighted by atomic mass is 10.0. The Morgan fingerprint density at radius 3 is 2.95 bits per heavy atom. The van der Waals surface area contributed by atoms with Gasteiger partial charge in [-0.05, 0) is 24.6 Å². The number of nitrogens with one attached hydrogen (secondary N) is 2. The summed E-state index contributed by atoms with van der Waals surface area (Å²) in [5.74, 6) is 5.53. The Bertz CT molecular complexity index is 765. The minimum absolute atomic E-state index is 0.130. The molecule has 0 unspecified atom stereocenters. The van der Waals surface area contributed by atoms with Gasteiger partial charge in [-0.1, -0.05) is 29.2 Å². The second-order valence-electron chi connectivity index (χ2n) is 4.34. The molecule has 2 aromatic rings. The molecule has 1 heterocycles. The minimum atomic E-state index is -0.198. The number of hydrogen-bond donors (Lipinski definition) is 3. The van der Waals surface area contributed by atoms with Crippen molar-refractivity contribution in [2.75, 3.05) is 6.54 Å². The molecule has 0 aliphatic rings. The number of hydrogen-bond acceptors (Lipinski definition) is 4. The molecule has 1 aromatic carbocycles. The SMILES string of the molecule is Cc1c(C#CCN)cccc1C(=O)NCc1csc(=O)[nH]1. The molecule has 21 heavy (non-hydrogen) atoms. The van der Waals surface area contributed by atoms with Gasteiger partial charge in [-0.2, -0.15) is 0 Å². The number of aromatic amines is 1. The van der Waals surface area contributed by atoms with Crippen LogP contribution < -0.4 is 15.9 Å². The van der Waals surface area contributed by atoms with Gasteiger partial charge in [-0.15, -0.1) is 0 Å². The number of rotatable bonds is 3. The van der Waals surface area contributed by atoms with E-state index in [1.54, 1.807) is 17.5 Å². The molecule has 0 radical (unpaired) electrons. The molecular weight excluding hydrogens is 286 g/mol. The van der Waals surface area contributed by atoms with E-state index in [2.05, 4.69) is 22.1 Å². The molecule has 6 heteroatoms. The molecule has 5 nitrogen and oxygen atoms in total. The van der Waals surface area contributed by atoms with E-state index in [-0.39, 0.29) is 23.9 Å². The molecular formula is C15H15N3O2S. The van der Waals surface area contributed by atoms with Crippen molar-refractivity contribution in [2.24, 2.45) is 5.73 Å². The number of benzene rings is 1. The fourth-order valence-corrected chi connectivity index (χ4v) is 2.42. The van der Waals surface area contributed by atoms with E-state index in [0.29, 0.717) is 11.3 Å². The van der Waals surface area contributed by atoms with E-state index in [1.807, 2.05) is 13.0 Å². The van der Waals surface area contributed by atoms with Gasteiger partial charge in [0.1, 0.15) is 0 Å². The Balaban J connectivity index is 2.13. The number of amides is 1. The molecule has 0 fully saturated rings. The van der Waals surface area contributed by atoms with Crippen molar-refractivity contribution in [1.29, 1.82) is 0 Å². The third kappa shape index (κ3) is 3.81. The minimum Gasteiger partial charge on any atom is -0.346 e. The highest BCUT2D eigenvalue weighted by atomic mass is 32.1. The normalized spacial score (nSPS) is 9.81. The van der Waals surface area contributed by atoms with Crippen LogP contribution in [0.2, 0.25) is 0 Å². The van der Waals surface area contributed by atoms with Crippen LogP contribution in [-0.4, -0.2) is 17.4 Å². The Labute approximate surface area is 126 Å². The number of nitrogens with two attached hydrogens (primary N) is 1. The van der Waals surface area contributed by atoms with Gasteiger partial charge in [-0.3, -0.25) is 9.59 Å². The van der Waals surface area contributed by atoms with Gasteiger partial charge in [0.15, 0.2) is 0 Å². The number of carbonyl (C=O) groups is 1. The smallest absolute Gasteiger partial charge is 0.304 e. The first kappa shape index (κ1) is 15.0. The van der Waals surface area contributed by atoms with E-state index in [1.165, 1.54) is 0 Å². The molecule has 1 aromatic heterocycles. The molecule has 2 rings (SSSR count). The van der Waals surface area contributed by atoms with Crippen molar-refractivity contribution in [3.63, 3.8) is 0 Å². The van der Waals surface area contributed by atoms with Crippen molar-refractivity contribution < 1.29 is 4.79 Å². The van der Waals surface area contributed by atoms with Crippen LogP contribution in [-0.2, 0) is 6.54 Å². The van der Waals surface area contributed by atoms with E-state index in [9.17, 15) is 9.59 Å². The van der Waals surface area contributed by atoms with Crippen LogP contribution >= 0.6 is 11.3 Å². The van der Waals surface area contributed by atoms with Gasteiger partial charge < -0.3 is 16.0 Å². The molecule has 0 atom stereocenters. The Kier molecular flexibility index (Phi) is 4.93. The summed E-state index contributed by atoms with van der Waals surface area (Å²) < 4.78 is 0. The number of carbonyl (C=O) groups excluding carboxylic acids is 1. The number of H-pyrrole nitrogens is 1. The summed E-state index contributed by atoms with van der Waals surface area (Å²) in [5, 5.41) is 4.47. The van der Waals surface area contributed by atoms with Crippen LogP contribution in [0.4, 0.5) is 0 Å². The second kappa shape index (κ2) is 6.88. The van der Waals surface area contributed by atoms with E-state index in [4.69, 9.17) is 5.73 Å². The Hall–Kier alpha value is -2.36. The summed E-state index contributed by atoms with van der Waals surface area (Å²) in [7, 11) is 0. The predicted molar refractivity (Wildman–Crippen MR) is 83.2 cm³/mol. The van der Waals surface area contributed by atoms with Crippen LogP contribution in [0, 0.1) is 18.8 Å². The Morgan fingerprint density at radius 2 is 2.29 bits per heavy atom. The van der Waals surface area contributed by atoms with Gasteiger partial charge in [-0.25, -0.2) is 0 Å². The Morgan fingerprint density at radius 1 is 1.48 bits per heavy atom. The third-order valence-electron chi connectivity index (χ3n) is 2.91. The average Bonchev–Trinajstić information content (AvgIpc) is 2.89. The molecule has 0 aliphatic heterocycles. The first-order valence-corrected chi connectivity index (χ1v) is 7.23. The summed E-state index contributed by atoms with van der Waals surface area (Å²) in [6, 6.07) is 5.38. The van der Waals surface area contributed by atoms with Crippen LogP contribution in [0.3, 0.4) is 0 Å². The maximum absolute atomic E-state index is 12.2. The number of thiazole rings is 1. The molecule has 0 aliphatic carbocycles. The first-order chi connectivity index (χ1) is 10.1. The van der Waals surface area contributed by atoms with E-state index in [0.717, 1.165) is 22.5 Å². The van der Waals surface area contributed by atoms with Crippen LogP contribution in [0.25, 0.3) is 0 Å². The quantitative estimate of drug-likeness (QED) is 0.739. The summed E-state index contributed by atoms with van der Waals surface area (Å²) in [6.07, 6.45) is 0. The summed E-state index contributed by atoms with van der Waals surface area (Å²) in [6.45, 7) is 2.42. The van der Waals surface area contributed by atoms with Gasteiger partial charge >= 0.3 is 4.87 Å². The van der Waals surface area contributed by atoms with Gasteiger partial charge in [0, 0.05) is 22.2 Å². The van der Waals surface area contributed by atoms with E-state index >= 15 is 0 Å². The second-order valence-corrected chi connectivity index (χ2v) is 5.18. The largest absolute Gasteiger partial charge is 0.346 e. The van der Waals surface area contributed by atoms with Crippen molar-refractivity contribution >= 4 is 17.2 Å². The van der Waals surface area contributed by atoms with E-state index < -0.39 is 0 Å². The highest BCUT2D eigenvalue weighted by Gasteiger charge is 2.11. The molecule has 1 amide bonds. The average molecular weight is 301 g/mol. The molecule has 108 valence electrons. The van der Waals surface area contributed by atoms with Crippen LogP contribution in [0.15, 0.2) is 28.4 Å². The standard InChI is InChI=1S/C15H15N3O2S/c1-10-11(5-3-7-16)4-2-6-13(10)14(19)17-8-12-9-21-15(20)18-12/h2,4,6,9H,7-8,16H2,1H3,(H,17,19)(H,18,20). The predicted octanol–water partition coefficient (Wildman–Crippen LogP) is 0.985. The summed E-state index contributed by atoms with van der Waals surface area (Å²) in [4.78, 5) is 25.7. The monoisotopic (exact) mass is 301 g/mol. The van der Waals surface area contributed by atoms with Crippen LogP contribution in [0.1, 0.15) is 27.2 Å². The molecule has 4 N–H and O–H groups in total. The lowest BCUT2D eigenvalue weighted by molar-refractivity contribution is 0.0950. The third-order valence-corrected chi connectivity index (χ3v) is 3.63. The highest BCUT2D eigenvalue weighted by Crippen LogP contribution is 2.13. The van der Waals surface area contributed by atoms with Crippen molar-refractivity contribution in [1.82, 2.24) is 10.3 Å². The first-order valence-electron chi connectivity index (χ1n) is 6.35. The van der Waals surface area contributed by atoms with Crippen molar-refractivity contribution in [2.45, 2.75) is 13.5 Å². The maximum atomic E-state index is 12.2. The molecule has 0 spiro atoms. The molecule has 0 bridgehead atoms. The van der Waals surface area contributed by atoms with Gasteiger partial charge in [0.2, 0.25) is 0 Å². The van der Waals surface area contributed by atoms with Crippen molar-refractivity contribution in [3.05, 3.63) is 55.6 Å². The molecule has 0 saturated heterocycles. The fraction of sp³-hybridized carbons (Fsp3) is 0.200. The van der Waals surface area contributed by atoms with Gasteiger partial charge in [0.25, 0.3) is 5.91 Å². The summed E-state index contributed by atoms with van der Waals surface area (Å²) >= 11 is 1.07. The van der Waals surface area contributed by atoms with Crippen molar-refractivity contribution in [3.8, 4) is 11.8 Å². The zero-order valence-electron chi connectivity index (χ0n) is 11.5. The highest BCUT2D eigenvalue weighted by molar-refractivity contribution is 7.07. The lowest BCUT2D eigenvalue weighted by Crippen LogP contribution is -2.24. The molecule has 0 saturated carbocycles. The van der Waals surface area contributed by atoms with Gasteiger partial charge in [0.05, 0.1) is 13.1 Å². The van der Waals surface area contributed by atoms with Crippen LogP contribution in [0.5, 0.6) is 0 Å². The fourth-order valence-electron chi connectivity index (χ4n) is 1.83. The zero-order valence-corrected chi connectivity index (χ0v) is 12.3. The maximum Gasteiger partial charge on any atom is 0.304 e. The summed E-state index contributed by atoms with van der Waals surface area (Å²) in [5.41, 5.74) is 8.22.